The van der Waals surface area contributed by atoms with E-state index in [1.54, 1.807) is 13.3 Å². The molecule has 1 N–H and O–H groups in total. The fourth-order valence-corrected chi connectivity index (χ4v) is 3.61. The molecule has 1 aromatic carbocycles. The molecule has 4 rings (SSSR count). The van der Waals surface area contributed by atoms with E-state index in [1.807, 2.05) is 42.6 Å². The second-order valence-electron chi connectivity index (χ2n) is 6.56. The number of ether oxygens (including phenoxy) is 1. The van der Waals surface area contributed by atoms with Crippen LogP contribution in [0, 0.1) is 0 Å². The van der Waals surface area contributed by atoms with Crippen LogP contribution in [0.5, 0.6) is 0 Å². The summed E-state index contributed by atoms with van der Waals surface area (Å²) in [7, 11) is 1.71. The Labute approximate surface area is 153 Å². The Kier molecular flexibility index (Phi) is 4.93. The highest BCUT2D eigenvalue weighted by molar-refractivity contribution is 5.59. The second kappa shape index (κ2) is 7.66. The number of hydrogen-bond acceptors (Lipinski definition) is 5. The molecule has 0 saturated heterocycles. The van der Waals surface area contributed by atoms with Crippen molar-refractivity contribution in [2.24, 2.45) is 0 Å². The third kappa shape index (κ3) is 3.46. The number of aromatic nitrogens is 4. The number of benzene rings is 1. The summed E-state index contributed by atoms with van der Waals surface area (Å²) in [4.78, 5) is 13.7. The predicted octanol–water partition coefficient (Wildman–Crippen LogP) is 4.35. The van der Waals surface area contributed by atoms with Crippen LogP contribution in [0.1, 0.15) is 37.5 Å². The van der Waals surface area contributed by atoms with Gasteiger partial charge in [0.2, 0.25) is 5.95 Å². The van der Waals surface area contributed by atoms with E-state index in [2.05, 4.69) is 19.9 Å². The van der Waals surface area contributed by atoms with E-state index in [0.29, 0.717) is 18.6 Å². The van der Waals surface area contributed by atoms with Crippen LogP contribution in [0.3, 0.4) is 0 Å². The van der Waals surface area contributed by atoms with Crippen LogP contribution in [-0.4, -0.2) is 26.6 Å². The monoisotopic (exact) mass is 349 g/mol. The summed E-state index contributed by atoms with van der Waals surface area (Å²) in [6, 6.07) is 12.4. The molecule has 134 valence electrons. The molecule has 0 spiro atoms. The molecule has 26 heavy (non-hydrogen) atoms. The van der Waals surface area contributed by atoms with Crippen molar-refractivity contribution in [3.8, 4) is 11.4 Å². The van der Waals surface area contributed by atoms with Gasteiger partial charge in [0.1, 0.15) is 12.4 Å². The third-order valence-electron chi connectivity index (χ3n) is 4.78. The molecular formula is C20H23N5O. The lowest BCUT2D eigenvalue weighted by molar-refractivity contribution is 0.172. The molecule has 0 atom stereocenters. The SMILES string of the molecule is COCc1ncc(-c2ccnc(Nc3ccccc3)n2)n1C1CCCC1. The molecule has 0 amide bonds. The van der Waals surface area contributed by atoms with Crippen LogP contribution in [0.4, 0.5) is 11.6 Å². The zero-order valence-electron chi connectivity index (χ0n) is 14.9. The van der Waals surface area contributed by atoms with Gasteiger partial charge in [0.25, 0.3) is 0 Å². The summed E-state index contributed by atoms with van der Waals surface area (Å²) in [6.07, 6.45) is 8.58. The standard InChI is InChI=1S/C20H23N5O/c1-26-14-19-22-13-18(25(19)16-9-5-6-10-16)17-11-12-21-20(24-17)23-15-7-3-2-4-8-15/h2-4,7-8,11-13,16H,5-6,9-10,14H2,1H3,(H,21,23,24). The van der Waals surface area contributed by atoms with Crippen LogP contribution in [-0.2, 0) is 11.3 Å². The van der Waals surface area contributed by atoms with E-state index in [1.165, 1.54) is 25.7 Å². The van der Waals surface area contributed by atoms with Gasteiger partial charge in [-0.1, -0.05) is 31.0 Å². The largest absolute Gasteiger partial charge is 0.377 e. The molecule has 3 aromatic rings. The summed E-state index contributed by atoms with van der Waals surface area (Å²) in [5.41, 5.74) is 2.87. The Morgan fingerprint density at radius 1 is 1.12 bits per heavy atom. The van der Waals surface area contributed by atoms with E-state index < -0.39 is 0 Å². The zero-order valence-corrected chi connectivity index (χ0v) is 14.9. The zero-order chi connectivity index (χ0) is 17.8. The molecule has 0 radical (unpaired) electrons. The van der Waals surface area contributed by atoms with Crippen molar-refractivity contribution in [2.45, 2.75) is 38.3 Å². The normalized spacial score (nSPS) is 14.7. The lowest BCUT2D eigenvalue weighted by Crippen LogP contribution is -2.12. The van der Waals surface area contributed by atoms with Gasteiger partial charge in [0, 0.05) is 25.0 Å². The number of methoxy groups -OCH3 is 1. The van der Waals surface area contributed by atoms with E-state index in [4.69, 9.17) is 9.72 Å². The topological polar surface area (TPSA) is 64.9 Å². The van der Waals surface area contributed by atoms with Gasteiger partial charge in [-0.25, -0.2) is 15.0 Å². The summed E-state index contributed by atoms with van der Waals surface area (Å²) in [5.74, 6) is 1.55. The lowest BCUT2D eigenvalue weighted by Gasteiger charge is -2.18. The minimum Gasteiger partial charge on any atom is -0.377 e. The minimum absolute atomic E-state index is 0.471. The van der Waals surface area contributed by atoms with Crippen LogP contribution >= 0.6 is 0 Å². The molecule has 1 aliphatic rings. The predicted molar refractivity (Wildman–Crippen MR) is 101 cm³/mol. The van der Waals surface area contributed by atoms with Crippen molar-refractivity contribution in [3.63, 3.8) is 0 Å². The number of hydrogen-bond donors (Lipinski definition) is 1. The molecule has 0 bridgehead atoms. The number of rotatable bonds is 6. The Hall–Kier alpha value is -2.73. The number of anilines is 2. The number of nitrogens with zero attached hydrogens (tertiary/aromatic N) is 4. The van der Waals surface area contributed by atoms with Crippen molar-refractivity contribution < 1.29 is 4.74 Å². The fourth-order valence-electron chi connectivity index (χ4n) is 3.61. The van der Waals surface area contributed by atoms with Gasteiger partial charge < -0.3 is 14.6 Å². The molecule has 2 heterocycles. The molecule has 1 fully saturated rings. The first-order valence-corrected chi connectivity index (χ1v) is 9.05. The summed E-state index contributed by atoms with van der Waals surface area (Å²) in [6.45, 7) is 0.511. The van der Waals surface area contributed by atoms with E-state index in [9.17, 15) is 0 Å². The van der Waals surface area contributed by atoms with Crippen molar-refractivity contribution in [1.82, 2.24) is 19.5 Å². The van der Waals surface area contributed by atoms with Crippen molar-refractivity contribution >= 4 is 11.6 Å². The van der Waals surface area contributed by atoms with Gasteiger partial charge in [0.15, 0.2) is 0 Å². The van der Waals surface area contributed by atoms with Gasteiger partial charge >= 0.3 is 0 Å². The van der Waals surface area contributed by atoms with Gasteiger partial charge in [-0.05, 0) is 31.0 Å². The first-order chi connectivity index (χ1) is 12.8. The Bertz CT molecular complexity index is 856. The van der Waals surface area contributed by atoms with Crippen LogP contribution in [0.2, 0.25) is 0 Å². The molecule has 6 heteroatoms. The molecular weight excluding hydrogens is 326 g/mol. The molecule has 1 aliphatic carbocycles. The quantitative estimate of drug-likeness (QED) is 0.717. The Morgan fingerprint density at radius 3 is 2.69 bits per heavy atom. The maximum Gasteiger partial charge on any atom is 0.227 e. The molecule has 1 saturated carbocycles. The Morgan fingerprint density at radius 2 is 1.92 bits per heavy atom. The summed E-state index contributed by atoms with van der Waals surface area (Å²) >= 11 is 0. The Balaban J connectivity index is 1.68. The van der Waals surface area contributed by atoms with Gasteiger partial charge in [-0.2, -0.15) is 0 Å². The number of para-hydroxylation sites is 1. The molecule has 0 unspecified atom stereocenters. The van der Waals surface area contributed by atoms with Crippen molar-refractivity contribution in [1.29, 1.82) is 0 Å². The smallest absolute Gasteiger partial charge is 0.227 e. The first kappa shape index (κ1) is 16.7. The van der Waals surface area contributed by atoms with Gasteiger partial charge in [0.05, 0.1) is 17.6 Å². The van der Waals surface area contributed by atoms with Crippen molar-refractivity contribution in [3.05, 3.63) is 54.6 Å². The highest BCUT2D eigenvalue weighted by atomic mass is 16.5. The lowest BCUT2D eigenvalue weighted by atomic mass is 10.2. The molecule has 6 nitrogen and oxygen atoms in total. The maximum absolute atomic E-state index is 5.35. The third-order valence-corrected chi connectivity index (χ3v) is 4.78. The highest BCUT2D eigenvalue weighted by Gasteiger charge is 2.24. The highest BCUT2D eigenvalue weighted by Crippen LogP contribution is 2.34. The average molecular weight is 349 g/mol. The molecule has 0 aliphatic heterocycles. The summed E-state index contributed by atoms with van der Waals surface area (Å²) in [5, 5.41) is 3.26. The summed E-state index contributed by atoms with van der Waals surface area (Å²) < 4.78 is 7.66. The van der Waals surface area contributed by atoms with Crippen LogP contribution in [0.25, 0.3) is 11.4 Å². The molecule has 2 aromatic heterocycles. The average Bonchev–Trinajstić information content (AvgIpc) is 3.32. The van der Waals surface area contributed by atoms with Gasteiger partial charge in [-0.3, -0.25) is 0 Å². The van der Waals surface area contributed by atoms with Crippen LogP contribution in [0.15, 0.2) is 48.8 Å². The van der Waals surface area contributed by atoms with E-state index in [-0.39, 0.29) is 0 Å². The second-order valence-corrected chi connectivity index (χ2v) is 6.56. The number of nitrogens with one attached hydrogen (secondary N) is 1. The fraction of sp³-hybridized carbons (Fsp3) is 0.350. The van der Waals surface area contributed by atoms with E-state index in [0.717, 1.165) is 22.9 Å². The maximum atomic E-state index is 5.35. The first-order valence-electron chi connectivity index (χ1n) is 9.05. The van der Waals surface area contributed by atoms with Crippen LogP contribution < -0.4 is 5.32 Å². The van der Waals surface area contributed by atoms with Crippen molar-refractivity contribution in [2.75, 3.05) is 12.4 Å². The van der Waals surface area contributed by atoms with Gasteiger partial charge in [-0.15, -0.1) is 0 Å². The van der Waals surface area contributed by atoms with E-state index >= 15 is 0 Å². The minimum atomic E-state index is 0.471. The number of imidazole rings is 1.